The van der Waals surface area contributed by atoms with E-state index in [2.05, 4.69) is 114 Å². The van der Waals surface area contributed by atoms with Crippen LogP contribution in [-0.4, -0.2) is 40.0 Å². The fourth-order valence-electron chi connectivity index (χ4n) is 5.11. The Kier molecular flexibility index (Phi) is 7.64. The second-order valence-corrected chi connectivity index (χ2v) is 9.84. The highest BCUT2D eigenvalue weighted by Crippen LogP contribution is 2.29. The number of benzene rings is 4. The minimum Gasteiger partial charge on any atom is -0.305 e. The summed E-state index contributed by atoms with van der Waals surface area (Å²) in [6, 6.07) is 37.6. The lowest BCUT2D eigenvalue weighted by atomic mass is 10.0. The number of para-hydroxylation sites is 1. The normalized spacial score (nSPS) is 12.4. The highest BCUT2D eigenvalue weighted by Gasteiger charge is 2.23. The molecule has 1 heterocycles. The summed E-state index contributed by atoms with van der Waals surface area (Å²) in [6.45, 7) is 3.04. The van der Waals surface area contributed by atoms with E-state index in [1.807, 2.05) is 28.8 Å². The first-order chi connectivity index (χ1) is 18.1. The second-order valence-electron chi connectivity index (χ2n) is 9.84. The third-order valence-corrected chi connectivity index (χ3v) is 6.97. The Bertz CT molecular complexity index is 1480. The van der Waals surface area contributed by atoms with Gasteiger partial charge in [-0.05, 0) is 42.4 Å². The summed E-state index contributed by atoms with van der Waals surface area (Å²) in [5, 5.41) is 0. The molecule has 0 amide bonds. The van der Waals surface area contributed by atoms with Gasteiger partial charge in [0.05, 0.1) is 17.6 Å². The number of fused-ring (bicyclic) bond motifs is 1. The lowest BCUT2D eigenvalue weighted by molar-refractivity contribution is 0.172. The van der Waals surface area contributed by atoms with Crippen LogP contribution < -0.4 is 5.69 Å². The van der Waals surface area contributed by atoms with E-state index in [9.17, 15) is 4.79 Å². The summed E-state index contributed by atoms with van der Waals surface area (Å²) in [6.07, 6.45) is 0. The third kappa shape index (κ3) is 5.91. The molecule has 0 bridgehead atoms. The minimum atomic E-state index is -0.0756. The molecule has 0 radical (unpaired) electrons. The van der Waals surface area contributed by atoms with Gasteiger partial charge in [0.2, 0.25) is 0 Å². The van der Waals surface area contributed by atoms with Crippen molar-refractivity contribution in [1.29, 1.82) is 0 Å². The average molecular weight is 491 g/mol. The minimum absolute atomic E-state index is 0.0756. The van der Waals surface area contributed by atoms with Crippen LogP contribution in [0.2, 0.25) is 0 Å². The summed E-state index contributed by atoms with van der Waals surface area (Å²) in [4.78, 5) is 21.1. The van der Waals surface area contributed by atoms with Crippen molar-refractivity contribution < 1.29 is 0 Å². The quantitative estimate of drug-likeness (QED) is 0.274. The topological polar surface area (TPSA) is 44.3 Å². The molecule has 1 aromatic heterocycles. The van der Waals surface area contributed by atoms with Crippen LogP contribution in [0.5, 0.6) is 0 Å². The molecule has 37 heavy (non-hydrogen) atoms. The summed E-state index contributed by atoms with van der Waals surface area (Å²) < 4.78 is 1.84. The Morgan fingerprint density at radius 2 is 1.27 bits per heavy atom. The van der Waals surface area contributed by atoms with Gasteiger partial charge in [0.15, 0.2) is 0 Å². The molecule has 188 valence electrons. The van der Waals surface area contributed by atoms with Gasteiger partial charge in [0.1, 0.15) is 0 Å². The Labute approximate surface area is 218 Å². The molecule has 5 heteroatoms. The first kappa shape index (κ1) is 24.8. The van der Waals surface area contributed by atoms with Crippen LogP contribution in [-0.2, 0) is 19.6 Å². The Morgan fingerprint density at radius 1 is 0.703 bits per heavy atom. The van der Waals surface area contributed by atoms with Crippen molar-refractivity contribution in [3.8, 4) is 0 Å². The second kappa shape index (κ2) is 11.4. The number of H-pyrrole nitrogens is 1. The lowest BCUT2D eigenvalue weighted by Gasteiger charge is -2.32. The molecule has 0 aliphatic heterocycles. The summed E-state index contributed by atoms with van der Waals surface area (Å²) in [5.74, 6) is 0. The van der Waals surface area contributed by atoms with Gasteiger partial charge in [-0.15, -0.1) is 0 Å². The summed E-state index contributed by atoms with van der Waals surface area (Å²) in [5.41, 5.74) is 6.58. The Balaban J connectivity index is 1.50. The molecule has 0 fully saturated rings. The number of hydrogen-bond acceptors (Lipinski definition) is 3. The van der Waals surface area contributed by atoms with Crippen LogP contribution >= 0.6 is 0 Å². The molecule has 0 spiro atoms. The molecule has 4 aromatic carbocycles. The van der Waals surface area contributed by atoms with Crippen LogP contribution in [0.1, 0.15) is 28.3 Å². The number of nitrogens with zero attached hydrogens (tertiary/aromatic N) is 3. The van der Waals surface area contributed by atoms with Crippen LogP contribution in [0.4, 0.5) is 0 Å². The monoisotopic (exact) mass is 490 g/mol. The molecule has 0 saturated carbocycles. The van der Waals surface area contributed by atoms with Gasteiger partial charge in [-0.2, -0.15) is 0 Å². The fraction of sp³-hybridized carbons (Fsp3) is 0.219. The van der Waals surface area contributed by atoms with E-state index < -0.39 is 0 Å². The zero-order valence-electron chi connectivity index (χ0n) is 21.5. The highest BCUT2D eigenvalue weighted by molar-refractivity contribution is 5.79. The smallest absolute Gasteiger partial charge is 0.305 e. The van der Waals surface area contributed by atoms with E-state index in [1.54, 1.807) is 0 Å². The van der Waals surface area contributed by atoms with E-state index >= 15 is 0 Å². The molecule has 0 saturated heterocycles. The number of imidazole rings is 1. The van der Waals surface area contributed by atoms with E-state index in [1.165, 1.54) is 11.1 Å². The number of aromatic amines is 1. The predicted octanol–water partition coefficient (Wildman–Crippen LogP) is 5.68. The molecule has 0 aliphatic carbocycles. The molecule has 1 atom stereocenters. The van der Waals surface area contributed by atoms with E-state index in [-0.39, 0.29) is 11.7 Å². The van der Waals surface area contributed by atoms with Crippen LogP contribution in [0, 0.1) is 0 Å². The number of likely N-dealkylation sites (N-methyl/N-ethyl adjacent to an activating group) is 2. The number of nitrogens with one attached hydrogen (secondary N) is 1. The molecule has 5 nitrogen and oxygen atoms in total. The zero-order chi connectivity index (χ0) is 25.6. The molecule has 1 unspecified atom stereocenters. The van der Waals surface area contributed by atoms with Crippen molar-refractivity contribution in [1.82, 2.24) is 19.4 Å². The third-order valence-electron chi connectivity index (χ3n) is 6.97. The van der Waals surface area contributed by atoms with Gasteiger partial charge in [-0.1, -0.05) is 103 Å². The number of hydrogen-bond donors (Lipinski definition) is 1. The molecule has 5 aromatic rings. The molecule has 0 aliphatic rings. The standard InChI is InChI=1S/C32H34N4O/c1-34(21-25-13-6-3-7-14-25)24-30(35(2)22-26-15-8-4-9-16-26)28-19-12-20-29-31(28)33-32(37)36(29)23-27-17-10-5-11-18-27/h3-20,30H,21-24H2,1-2H3,(H,33,37). The van der Waals surface area contributed by atoms with E-state index in [0.717, 1.165) is 41.8 Å². The molecule has 1 N–H and O–H groups in total. The predicted molar refractivity (Wildman–Crippen MR) is 152 cm³/mol. The first-order valence-electron chi connectivity index (χ1n) is 12.8. The van der Waals surface area contributed by atoms with Gasteiger partial charge < -0.3 is 9.88 Å². The maximum atomic E-state index is 13.1. The van der Waals surface area contributed by atoms with E-state index in [4.69, 9.17) is 0 Å². The SMILES string of the molecule is CN(Cc1ccccc1)CC(c1cccc2c1[nH]c(=O)n2Cc1ccccc1)N(C)Cc1ccccc1. The van der Waals surface area contributed by atoms with Crippen molar-refractivity contribution in [3.05, 3.63) is 142 Å². The summed E-state index contributed by atoms with van der Waals surface area (Å²) in [7, 11) is 4.34. The van der Waals surface area contributed by atoms with Crippen LogP contribution in [0.3, 0.4) is 0 Å². The van der Waals surface area contributed by atoms with Gasteiger partial charge in [-0.25, -0.2) is 4.79 Å². The molecule has 5 rings (SSSR count). The molecular weight excluding hydrogens is 456 g/mol. The van der Waals surface area contributed by atoms with Crippen molar-refractivity contribution in [2.24, 2.45) is 0 Å². The Morgan fingerprint density at radius 3 is 1.89 bits per heavy atom. The average Bonchev–Trinajstić information content (AvgIpc) is 3.24. The fourth-order valence-corrected chi connectivity index (χ4v) is 5.11. The lowest BCUT2D eigenvalue weighted by Crippen LogP contribution is -2.34. The largest absolute Gasteiger partial charge is 0.326 e. The number of rotatable bonds is 10. The highest BCUT2D eigenvalue weighted by atomic mass is 16.1. The van der Waals surface area contributed by atoms with Crippen molar-refractivity contribution in [2.75, 3.05) is 20.6 Å². The van der Waals surface area contributed by atoms with Gasteiger partial charge in [-0.3, -0.25) is 9.47 Å². The first-order valence-corrected chi connectivity index (χ1v) is 12.8. The van der Waals surface area contributed by atoms with Crippen LogP contribution in [0.25, 0.3) is 11.0 Å². The summed E-state index contributed by atoms with van der Waals surface area (Å²) >= 11 is 0. The van der Waals surface area contributed by atoms with Crippen molar-refractivity contribution >= 4 is 11.0 Å². The zero-order valence-corrected chi connectivity index (χ0v) is 21.5. The molecular formula is C32H34N4O. The van der Waals surface area contributed by atoms with E-state index in [0.29, 0.717) is 6.54 Å². The maximum absolute atomic E-state index is 13.1. The maximum Gasteiger partial charge on any atom is 0.326 e. The van der Waals surface area contributed by atoms with Gasteiger partial charge >= 0.3 is 5.69 Å². The van der Waals surface area contributed by atoms with Gasteiger partial charge in [0.25, 0.3) is 0 Å². The van der Waals surface area contributed by atoms with Gasteiger partial charge in [0, 0.05) is 25.7 Å². The van der Waals surface area contributed by atoms with Crippen molar-refractivity contribution in [2.45, 2.75) is 25.7 Å². The Hall–Kier alpha value is -3.93. The van der Waals surface area contributed by atoms with Crippen molar-refractivity contribution in [3.63, 3.8) is 0 Å². The number of aromatic nitrogens is 2. The van der Waals surface area contributed by atoms with Crippen LogP contribution in [0.15, 0.2) is 114 Å².